The van der Waals surface area contributed by atoms with Crippen LogP contribution in [0.5, 0.6) is 17.2 Å². The molecule has 2 atom stereocenters. The maximum atomic E-state index is 6.41. The second kappa shape index (κ2) is 8.16. The first-order chi connectivity index (χ1) is 15.2. The third kappa shape index (κ3) is 3.70. The Kier molecular flexibility index (Phi) is 5.20. The maximum absolute atomic E-state index is 6.41. The minimum absolute atomic E-state index is 0.0520. The smallest absolute Gasteiger partial charge is 0.213 e. The van der Waals surface area contributed by atoms with Gasteiger partial charge in [-0.05, 0) is 79.2 Å². The summed E-state index contributed by atoms with van der Waals surface area (Å²) in [5.74, 6) is 2.51. The zero-order valence-electron chi connectivity index (χ0n) is 17.4. The summed E-state index contributed by atoms with van der Waals surface area (Å²) in [6.45, 7) is 2.61. The number of fused-ring (bicyclic) bond motifs is 3. The van der Waals surface area contributed by atoms with Crippen molar-refractivity contribution < 1.29 is 14.2 Å². The molecule has 0 aliphatic carbocycles. The van der Waals surface area contributed by atoms with Crippen LogP contribution in [0.15, 0.2) is 71.8 Å². The van der Waals surface area contributed by atoms with E-state index in [1.54, 1.807) is 7.11 Å². The number of methoxy groups -OCH3 is 1. The number of hydrazone groups is 1. The van der Waals surface area contributed by atoms with Gasteiger partial charge in [-0.15, -0.1) is 0 Å². The summed E-state index contributed by atoms with van der Waals surface area (Å²) in [4.78, 5) is 0. The van der Waals surface area contributed by atoms with Gasteiger partial charge in [0.05, 0.1) is 25.5 Å². The summed E-state index contributed by atoms with van der Waals surface area (Å²) in [7, 11) is 1.67. The monoisotopic (exact) mass is 434 g/mol. The van der Waals surface area contributed by atoms with Crippen molar-refractivity contribution >= 4 is 17.3 Å². The second-order valence-corrected chi connectivity index (χ2v) is 7.97. The number of nitrogens with zero attached hydrogens (tertiary/aromatic N) is 2. The third-order valence-electron chi connectivity index (χ3n) is 5.65. The molecule has 0 spiro atoms. The van der Waals surface area contributed by atoms with Crippen LogP contribution in [0.3, 0.4) is 0 Å². The van der Waals surface area contributed by atoms with Gasteiger partial charge in [-0.1, -0.05) is 11.6 Å². The molecule has 0 N–H and O–H groups in total. The molecule has 158 valence electrons. The molecule has 2 aliphatic heterocycles. The summed E-state index contributed by atoms with van der Waals surface area (Å²) in [6.07, 6.45) is 0.446. The van der Waals surface area contributed by atoms with Crippen molar-refractivity contribution in [1.82, 2.24) is 5.01 Å². The van der Waals surface area contributed by atoms with E-state index in [0.29, 0.717) is 11.6 Å². The van der Waals surface area contributed by atoms with Crippen LogP contribution in [0.1, 0.15) is 42.3 Å². The lowest BCUT2D eigenvalue weighted by atomic mass is 9.96. The number of benzene rings is 3. The highest BCUT2D eigenvalue weighted by Crippen LogP contribution is 2.48. The summed E-state index contributed by atoms with van der Waals surface area (Å²) >= 11 is 6.32. The van der Waals surface area contributed by atoms with E-state index in [1.165, 1.54) is 0 Å². The van der Waals surface area contributed by atoms with Crippen LogP contribution >= 0.6 is 11.6 Å². The Labute approximate surface area is 186 Å². The predicted octanol–water partition coefficient (Wildman–Crippen LogP) is 5.99. The van der Waals surface area contributed by atoms with Crippen LogP contribution in [0, 0.1) is 0 Å². The van der Waals surface area contributed by atoms with Gasteiger partial charge in [0.25, 0.3) is 0 Å². The Morgan fingerprint density at radius 1 is 1.03 bits per heavy atom. The average Bonchev–Trinajstić information content (AvgIpc) is 3.25. The fourth-order valence-corrected chi connectivity index (χ4v) is 4.31. The normalized spacial score (nSPS) is 19.2. The van der Waals surface area contributed by atoms with Gasteiger partial charge in [0, 0.05) is 22.6 Å². The molecule has 5 rings (SSSR count). The Balaban J connectivity index is 1.53. The number of hydrogen-bond donors (Lipinski definition) is 0. The summed E-state index contributed by atoms with van der Waals surface area (Å²) in [6, 6.07) is 21.9. The Morgan fingerprint density at radius 2 is 1.77 bits per heavy atom. The van der Waals surface area contributed by atoms with Crippen molar-refractivity contribution in [2.75, 3.05) is 13.7 Å². The highest BCUT2D eigenvalue weighted by Gasteiger charge is 2.41. The van der Waals surface area contributed by atoms with Crippen molar-refractivity contribution in [2.45, 2.75) is 25.6 Å². The molecule has 31 heavy (non-hydrogen) atoms. The molecule has 0 bridgehead atoms. The zero-order chi connectivity index (χ0) is 21.4. The van der Waals surface area contributed by atoms with Crippen LogP contribution < -0.4 is 14.2 Å². The van der Waals surface area contributed by atoms with Gasteiger partial charge < -0.3 is 14.2 Å². The average molecular weight is 435 g/mol. The molecular weight excluding hydrogens is 412 g/mol. The lowest BCUT2D eigenvalue weighted by Gasteiger charge is -2.38. The SMILES string of the molecule is CCOc1ccc([C@@H]2Oc3ccc(Cl)cc3[C@@H]3CC(c4ccc(OC)cc4)=NN32)cc1. The van der Waals surface area contributed by atoms with Crippen molar-refractivity contribution in [3.05, 3.63) is 88.4 Å². The van der Waals surface area contributed by atoms with E-state index >= 15 is 0 Å². The lowest BCUT2D eigenvalue weighted by molar-refractivity contribution is -0.0190. The lowest BCUT2D eigenvalue weighted by Crippen LogP contribution is -2.33. The topological polar surface area (TPSA) is 43.3 Å². The Bertz CT molecular complexity index is 1110. The highest BCUT2D eigenvalue weighted by molar-refractivity contribution is 6.30. The van der Waals surface area contributed by atoms with E-state index in [4.69, 9.17) is 30.9 Å². The second-order valence-electron chi connectivity index (χ2n) is 7.53. The van der Waals surface area contributed by atoms with Crippen LogP contribution in [0.25, 0.3) is 0 Å². The van der Waals surface area contributed by atoms with Crippen molar-refractivity contribution in [1.29, 1.82) is 0 Å². The molecule has 3 aromatic rings. The summed E-state index contributed by atoms with van der Waals surface area (Å²) in [5.41, 5.74) is 4.17. The number of halogens is 1. The Hall–Kier alpha value is -3.18. The molecule has 6 heteroatoms. The fraction of sp³-hybridized carbons (Fsp3) is 0.240. The van der Waals surface area contributed by atoms with Gasteiger partial charge in [0.15, 0.2) is 0 Å². The zero-order valence-corrected chi connectivity index (χ0v) is 18.2. The van der Waals surface area contributed by atoms with Gasteiger partial charge >= 0.3 is 0 Å². The first-order valence-corrected chi connectivity index (χ1v) is 10.7. The summed E-state index contributed by atoms with van der Waals surface area (Å²) < 4.78 is 17.3. The largest absolute Gasteiger partial charge is 0.497 e. The molecule has 2 aliphatic rings. The third-order valence-corrected chi connectivity index (χ3v) is 5.89. The van der Waals surface area contributed by atoms with Crippen molar-refractivity contribution in [3.8, 4) is 17.2 Å². The first-order valence-electron chi connectivity index (χ1n) is 10.4. The number of hydrogen-bond acceptors (Lipinski definition) is 5. The molecule has 0 aromatic heterocycles. The molecular formula is C25H23ClN2O3. The van der Waals surface area contributed by atoms with E-state index in [2.05, 4.69) is 0 Å². The van der Waals surface area contributed by atoms with Gasteiger partial charge in [-0.2, -0.15) is 5.10 Å². The van der Waals surface area contributed by atoms with Gasteiger partial charge in [0.1, 0.15) is 17.2 Å². The van der Waals surface area contributed by atoms with Gasteiger partial charge in [-0.25, -0.2) is 5.01 Å². The maximum Gasteiger partial charge on any atom is 0.213 e. The molecule has 0 amide bonds. The number of ether oxygens (including phenoxy) is 3. The van der Waals surface area contributed by atoms with E-state index in [0.717, 1.165) is 46.1 Å². The van der Waals surface area contributed by atoms with Crippen LogP contribution in [-0.2, 0) is 0 Å². The number of rotatable bonds is 5. The molecule has 0 saturated carbocycles. The quantitative estimate of drug-likeness (QED) is 0.494. The molecule has 0 unspecified atom stereocenters. The van der Waals surface area contributed by atoms with Crippen LogP contribution in [0.2, 0.25) is 5.02 Å². The molecule has 0 radical (unpaired) electrons. The standard InChI is InChI=1S/C25H23ClN2O3/c1-3-30-20-11-6-17(7-12-20)25-28-23(21-14-18(26)8-13-24(21)31-25)15-22(27-28)16-4-9-19(29-2)10-5-16/h4-14,23,25H,3,15H2,1-2H3/t23-,25-/m0/s1. The predicted molar refractivity (Wildman–Crippen MR) is 121 cm³/mol. The molecule has 0 fully saturated rings. The van der Waals surface area contributed by atoms with Gasteiger partial charge in [0.2, 0.25) is 6.23 Å². The highest BCUT2D eigenvalue weighted by atomic mass is 35.5. The van der Waals surface area contributed by atoms with Crippen LogP contribution in [0.4, 0.5) is 0 Å². The molecule has 3 aromatic carbocycles. The van der Waals surface area contributed by atoms with E-state index in [1.807, 2.05) is 78.7 Å². The fourth-order valence-electron chi connectivity index (χ4n) is 4.13. The van der Waals surface area contributed by atoms with Crippen molar-refractivity contribution in [2.24, 2.45) is 5.10 Å². The minimum atomic E-state index is -0.329. The molecule has 0 saturated heterocycles. The summed E-state index contributed by atoms with van der Waals surface area (Å²) in [5, 5.41) is 7.73. The van der Waals surface area contributed by atoms with Crippen molar-refractivity contribution in [3.63, 3.8) is 0 Å². The first kappa shape index (κ1) is 19.8. The van der Waals surface area contributed by atoms with E-state index in [9.17, 15) is 0 Å². The molecule has 5 nitrogen and oxygen atoms in total. The molecule has 2 heterocycles. The van der Waals surface area contributed by atoms with Crippen LogP contribution in [-0.4, -0.2) is 24.4 Å². The van der Waals surface area contributed by atoms with E-state index in [-0.39, 0.29) is 12.3 Å². The van der Waals surface area contributed by atoms with E-state index < -0.39 is 0 Å². The Morgan fingerprint density at radius 3 is 2.48 bits per heavy atom. The van der Waals surface area contributed by atoms with Gasteiger partial charge in [-0.3, -0.25) is 0 Å². The minimum Gasteiger partial charge on any atom is -0.497 e.